The molecule has 3 aromatic carbocycles. The number of nitrogens with zero attached hydrogens (tertiary/aromatic N) is 2. The molecule has 0 heterocycles. The first-order chi connectivity index (χ1) is 26.3. The van der Waals surface area contributed by atoms with Crippen LogP contribution in [0.5, 0.6) is 0 Å². The number of methoxy groups -OCH3 is 1. The molecule has 0 amide bonds. The van der Waals surface area contributed by atoms with Crippen molar-refractivity contribution in [2.75, 3.05) is 35.0 Å². The number of rotatable bonds is 18. The Morgan fingerprint density at radius 1 is 0.855 bits per heavy atom. The Balaban J connectivity index is 1.49. The zero-order valence-corrected chi connectivity index (χ0v) is 33.9. The quantitative estimate of drug-likeness (QED) is 0.0242. The van der Waals surface area contributed by atoms with Gasteiger partial charge in [-0.15, -0.1) is 0 Å². The molecule has 0 spiro atoms. The summed E-state index contributed by atoms with van der Waals surface area (Å²) < 4.78 is 33.3. The molecule has 0 aliphatic heterocycles. The Bertz CT molecular complexity index is 1970. The largest absolute Gasteiger partial charge is 0.500 e. The first kappa shape index (κ1) is 42.6. The Labute approximate surface area is 325 Å². The molecule has 290 valence electrons. The van der Waals surface area contributed by atoms with Gasteiger partial charge in [-0.3, -0.25) is 9.59 Å². The van der Waals surface area contributed by atoms with Gasteiger partial charge in [0.15, 0.2) is 0 Å². The predicted molar refractivity (Wildman–Crippen MR) is 209 cm³/mol. The van der Waals surface area contributed by atoms with Crippen LogP contribution in [0.3, 0.4) is 0 Å². The molecule has 0 saturated heterocycles. The molecule has 11 nitrogen and oxygen atoms in total. The van der Waals surface area contributed by atoms with Crippen molar-refractivity contribution in [2.24, 2.45) is 10.8 Å². The first-order valence-corrected chi connectivity index (χ1v) is 20.1. The van der Waals surface area contributed by atoms with E-state index in [1.807, 2.05) is 88.4 Å². The number of benzene rings is 3. The molecule has 1 aliphatic rings. The molecule has 0 aromatic heterocycles. The van der Waals surface area contributed by atoms with Crippen molar-refractivity contribution in [3.8, 4) is 17.2 Å². The summed E-state index contributed by atoms with van der Waals surface area (Å²) in [6.45, 7) is 15.3. The maximum atomic E-state index is 13.9. The van der Waals surface area contributed by atoms with E-state index >= 15 is 0 Å². The highest BCUT2D eigenvalue weighted by Gasteiger charge is 2.46. The normalized spacial score (nSPS) is 15.5. The summed E-state index contributed by atoms with van der Waals surface area (Å²) in [6.07, 6.45) is 1.59. The third-order valence-corrected chi connectivity index (χ3v) is 13.5. The number of carbonyl (C=O) groups is 3. The molecule has 1 aliphatic carbocycles. The topological polar surface area (TPSA) is 135 Å². The van der Waals surface area contributed by atoms with E-state index in [9.17, 15) is 19.6 Å². The summed E-state index contributed by atoms with van der Waals surface area (Å²) in [5.74, 6) is -1.41. The number of ether oxygens (including phenoxy) is 3. The lowest BCUT2D eigenvalue weighted by molar-refractivity contribution is -0.163. The smallest absolute Gasteiger partial charge is 0.469 e. The molecule has 0 bridgehead atoms. The fraction of sp³-hybridized carbons (Fsp3) is 0.419. The maximum absolute atomic E-state index is 13.9. The fourth-order valence-electron chi connectivity index (χ4n) is 7.50. The highest BCUT2D eigenvalue weighted by molar-refractivity contribution is 6.60. The van der Waals surface area contributed by atoms with Crippen molar-refractivity contribution in [1.29, 1.82) is 5.26 Å². The van der Waals surface area contributed by atoms with Crippen LogP contribution in [0.25, 0.3) is 21.5 Å². The number of hydrogen-bond acceptors (Lipinski definition) is 10. The highest BCUT2D eigenvalue weighted by atomic mass is 28.4. The summed E-state index contributed by atoms with van der Waals surface area (Å²) >= 11 is 0. The average molecular weight is 767 g/mol. The first-order valence-electron chi connectivity index (χ1n) is 18.2. The zero-order valence-electron chi connectivity index (χ0n) is 32.9. The van der Waals surface area contributed by atoms with Gasteiger partial charge in [-0.25, -0.2) is 14.9 Å². The lowest BCUT2D eigenvalue weighted by Gasteiger charge is -2.37. The maximum Gasteiger partial charge on any atom is 0.500 e. The van der Waals surface area contributed by atoms with E-state index < -0.39 is 31.6 Å². The summed E-state index contributed by atoms with van der Waals surface area (Å²) in [6, 6.07) is 22.8. The number of esters is 3. The van der Waals surface area contributed by atoms with Crippen molar-refractivity contribution >= 4 is 32.3 Å². The molecule has 3 aromatic rings. The van der Waals surface area contributed by atoms with E-state index in [0.717, 1.165) is 22.3 Å². The fourth-order valence-corrected chi connectivity index (χ4v) is 9.19. The highest BCUT2D eigenvalue weighted by Crippen LogP contribution is 2.48. The molecule has 3 unspecified atom stereocenters. The van der Waals surface area contributed by atoms with Gasteiger partial charge in [0.1, 0.15) is 6.61 Å². The Kier molecular flexibility index (Phi) is 14.3. The summed E-state index contributed by atoms with van der Waals surface area (Å²) in [7, 11) is 3.14. The molecule has 4 rings (SSSR count). The lowest BCUT2D eigenvalue weighted by Crippen LogP contribution is -2.43. The SMILES string of the molecule is [C-]#[N+]/C(C#N)=C1\c2ccccc2-c2c(C(=O)OCc3ccc(C(C)CC(C)(CC(C)(CC)C(=O)OC)C(=O)OCCC[Si](OC)(OC)OC)cc3)cccc21. The van der Waals surface area contributed by atoms with Gasteiger partial charge in [-0.2, -0.15) is 0 Å². The average Bonchev–Trinajstić information content (AvgIpc) is 3.54. The number of nitriles is 1. The molecular weight excluding hydrogens is 717 g/mol. The third-order valence-electron chi connectivity index (χ3n) is 10.7. The van der Waals surface area contributed by atoms with E-state index in [-0.39, 0.29) is 37.2 Å². The van der Waals surface area contributed by atoms with Crippen molar-refractivity contribution in [3.05, 3.63) is 112 Å². The molecule has 3 atom stereocenters. The number of allylic oxidation sites excluding steroid dienone is 1. The Morgan fingerprint density at radius 3 is 2.07 bits per heavy atom. The van der Waals surface area contributed by atoms with E-state index in [1.54, 1.807) is 12.1 Å². The molecule has 0 radical (unpaired) electrons. The number of fused-ring (bicyclic) bond motifs is 3. The molecular formula is C43H50N2O9Si. The molecule has 55 heavy (non-hydrogen) atoms. The van der Waals surface area contributed by atoms with Crippen LogP contribution < -0.4 is 0 Å². The van der Waals surface area contributed by atoms with Crippen LogP contribution in [0.2, 0.25) is 6.04 Å². The van der Waals surface area contributed by atoms with Crippen LogP contribution in [-0.4, -0.2) is 61.8 Å². The summed E-state index contributed by atoms with van der Waals surface area (Å²) in [4.78, 5) is 43.8. The molecule has 0 fully saturated rings. The van der Waals surface area contributed by atoms with Gasteiger partial charge in [-0.05, 0) is 79.3 Å². The molecule has 0 saturated carbocycles. The Hall–Kier alpha value is -5.11. The molecule has 12 heteroatoms. The van der Waals surface area contributed by atoms with Crippen LogP contribution in [0, 0.1) is 28.7 Å². The monoisotopic (exact) mass is 766 g/mol. The number of hydrogen-bond donors (Lipinski definition) is 0. The minimum absolute atomic E-state index is 0.0182. The van der Waals surface area contributed by atoms with Gasteiger partial charge < -0.3 is 27.5 Å². The van der Waals surface area contributed by atoms with Gasteiger partial charge in [0, 0.05) is 38.5 Å². The van der Waals surface area contributed by atoms with Crippen molar-refractivity contribution in [1.82, 2.24) is 0 Å². The van der Waals surface area contributed by atoms with Gasteiger partial charge in [0.25, 0.3) is 5.70 Å². The van der Waals surface area contributed by atoms with Crippen LogP contribution in [0.15, 0.2) is 72.4 Å². The summed E-state index contributed by atoms with van der Waals surface area (Å²) in [5, 5.41) is 9.67. The zero-order chi connectivity index (χ0) is 40.4. The van der Waals surface area contributed by atoms with Crippen LogP contribution in [-0.2, 0) is 43.7 Å². The second-order valence-electron chi connectivity index (χ2n) is 14.3. The van der Waals surface area contributed by atoms with Gasteiger partial charge in [-0.1, -0.05) is 74.5 Å². The van der Waals surface area contributed by atoms with Crippen LogP contribution in [0.4, 0.5) is 0 Å². The Morgan fingerprint density at radius 2 is 1.49 bits per heavy atom. The van der Waals surface area contributed by atoms with E-state index in [2.05, 4.69) is 4.85 Å². The number of carbonyl (C=O) groups excluding carboxylic acids is 3. The standard InChI is InChI=1S/C43H50N2O9Si/c1-10-42(3,40(47)49-6)28-43(4,41(48)53-23-14-24-55(50-7,51-8)52-9)25-29(2)31-21-19-30(20-22-31)27-54-39(46)35-18-13-17-34-37(35)32-15-11-12-16-33(32)38(34)36(26-44)45-5/h11-13,15-22,29H,10,14,23-25,27-28H2,1-4,6-9H3/b38-36+. The van der Waals surface area contributed by atoms with Crippen molar-refractivity contribution in [3.63, 3.8) is 0 Å². The van der Waals surface area contributed by atoms with E-state index in [1.165, 1.54) is 28.4 Å². The lowest BCUT2D eigenvalue weighted by atomic mass is 9.67. The molecule has 0 N–H and O–H groups in total. The van der Waals surface area contributed by atoms with E-state index in [0.29, 0.717) is 47.6 Å². The van der Waals surface area contributed by atoms with Crippen LogP contribution >= 0.6 is 0 Å². The van der Waals surface area contributed by atoms with Gasteiger partial charge in [0.2, 0.25) is 0 Å². The predicted octanol–water partition coefficient (Wildman–Crippen LogP) is 8.52. The van der Waals surface area contributed by atoms with Crippen LogP contribution in [0.1, 0.15) is 91.9 Å². The van der Waals surface area contributed by atoms with E-state index in [4.69, 9.17) is 34.1 Å². The third kappa shape index (κ3) is 9.23. The summed E-state index contributed by atoms with van der Waals surface area (Å²) in [5.41, 5.74) is 3.41. The van der Waals surface area contributed by atoms with Gasteiger partial charge >= 0.3 is 26.7 Å². The second-order valence-corrected chi connectivity index (χ2v) is 17.4. The minimum Gasteiger partial charge on any atom is -0.469 e. The van der Waals surface area contributed by atoms with Crippen molar-refractivity contribution < 1.29 is 41.9 Å². The second kappa shape index (κ2) is 18.5. The van der Waals surface area contributed by atoms with Crippen molar-refractivity contribution in [2.45, 2.75) is 71.9 Å². The minimum atomic E-state index is -2.83. The van der Waals surface area contributed by atoms with Gasteiger partial charge in [0.05, 0.1) is 42.8 Å².